The molecule has 0 spiro atoms. The second-order valence-corrected chi connectivity index (χ2v) is 6.68. The largest absolute Gasteiger partial charge is 0.311 e. The molecule has 1 saturated heterocycles. The SMILES string of the molecule is CC(Cl)c1nc2cc(Br)c(F)cc2n1N1CCCCC1. The van der Waals surface area contributed by atoms with Crippen LogP contribution in [0.1, 0.15) is 37.4 Å². The standard InChI is InChI=1S/C14H16BrClFN3/c1-9(16)14-18-12-7-10(15)11(17)8-13(12)20(14)19-5-3-2-4-6-19/h7-9H,2-6H2,1H3. The van der Waals surface area contributed by atoms with Crippen molar-refractivity contribution < 1.29 is 4.39 Å². The smallest absolute Gasteiger partial charge is 0.146 e. The Morgan fingerprint density at radius 2 is 2.00 bits per heavy atom. The summed E-state index contributed by atoms with van der Waals surface area (Å²) in [6, 6.07) is 3.25. The van der Waals surface area contributed by atoms with Crippen LogP contribution in [-0.4, -0.2) is 22.7 Å². The van der Waals surface area contributed by atoms with Crippen molar-refractivity contribution in [2.45, 2.75) is 31.6 Å². The zero-order chi connectivity index (χ0) is 14.3. The number of piperidine rings is 1. The maximum atomic E-state index is 13.9. The molecule has 1 atom stereocenters. The molecule has 1 unspecified atom stereocenters. The van der Waals surface area contributed by atoms with E-state index in [-0.39, 0.29) is 11.2 Å². The maximum Gasteiger partial charge on any atom is 0.146 e. The molecule has 6 heteroatoms. The van der Waals surface area contributed by atoms with Gasteiger partial charge in [-0.2, -0.15) is 0 Å². The Hall–Kier alpha value is -0.810. The van der Waals surface area contributed by atoms with E-state index in [0.29, 0.717) is 4.47 Å². The molecule has 0 saturated carbocycles. The summed E-state index contributed by atoms with van der Waals surface area (Å²) >= 11 is 9.48. The molecule has 1 fully saturated rings. The van der Waals surface area contributed by atoms with Crippen molar-refractivity contribution in [2.75, 3.05) is 18.1 Å². The van der Waals surface area contributed by atoms with Crippen LogP contribution in [0.15, 0.2) is 16.6 Å². The molecule has 20 heavy (non-hydrogen) atoms. The van der Waals surface area contributed by atoms with Crippen LogP contribution in [0.2, 0.25) is 0 Å². The summed E-state index contributed by atoms with van der Waals surface area (Å²) in [5, 5.41) is 2.01. The van der Waals surface area contributed by atoms with E-state index >= 15 is 0 Å². The number of aromatic nitrogens is 2. The summed E-state index contributed by atoms with van der Waals surface area (Å²) in [4.78, 5) is 4.58. The lowest BCUT2D eigenvalue weighted by Gasteiger charge is -2.31. The molecule has 0 N–H and O–H groups in total. The molecule has 0 radical (unpaired) electrons. The number of hydrogen-bond acceptors (Lipinski definition) is 2. The van der Waals surface area contributed by atoms with E-state index in [0.717, 1.165) is 42.8 Å². The Morgan fingerprint density at radius 3 is 2.65 bits per heavy atom. The highest BCUT2D eigenvalue weighted by Crippen LogP contribution is 2.29. The fourth-order valence-electron chi connectivity index (χ4n) is 2.71. The summed E-state index contributed by atoms with van der Waals surface area (Å²) < 4.78 is 16.3. The minimum absolute atomic E-state index is 0.217. The van der Waals surface area contributed by atoms with Crippen LogP contribution in [0.4, 0.5) is 4.39 Å². The molecule has 3 rings (SSSR count). The van der Waals surface area contributed by atoms with E-state index in [2.05, 4.69) is 25.9 Å². The number of imidazole rings is 1. The molecule has 0 amide bonds. The van der Waals surface area contributed by atoms with Gasteiger partial charge in [-0.25, -0.2) is 14.1 Å². The van der Waals surface area contributed by atoms with Gasteiger partial charge in [0.05, 0.1) is 20.9 Å². The van der Waals surface area contributed by atoms with Crippen molar-refractivity contribution in [2.24, 2.45) is 0 Å². The van der Waals surface area contributed by atoms with Crippen LogP contribution in [-0.2, 0) is 0 Å². The third kappa shape index (κ3) is 2.42. The van der Waals surface area contributed by atoms with Gasteiger partial charge in [-0.1, -0.05) is 0 Å². The number of halogens is 3. The summed E-state index contributed by atoms with van der Waals surface area (Å²) in [5.74, 6) is 0.505. The fourth-order valence-corrected chi connectivity index (χ4v) is 3.18. The normalized spacial score (nSPS) is 17.7. The van der Waals surface area contributed by atoms with Crippen molar-refractivity contribution in [3.63, 3.8) is 0 Å². The summed E-state index contributed by atoms with van der Waals surface area (Å²) in [6.45, 7) is 3.81. The predicted octanol–water partition coefficient (Wildman–Crippen LogP) is 4.36. The molecule has 0 bridgehead atoms. The number of hydrogen-bond donors (Lipinski definition) is 0. The predicted molar refractivity (Wildman–Crippen MR) is 83.5 cm³/mol. The molecule has 3 nitrogen and oxygen atoms in total. The molecule has 1 aromatic heterocycles. The van der Waals surface area contributed by atoms with Crippen LogP contribution >= 0.6 is 27.5 Å². The molecular formula is C14H16BrClFN3. The van der Waals surface area contributed by atoms with Crippen molar-refractivity contribution >= 4 is 38.6 Å². The number of benzene rings is 1. The molecule has 1 aliphatic rings. The van der Waals surface area contributed by atoms with Crippen molar-refractivity contribution in [3.8, 4) is 0 Å². The van der Waals surface area contributed by atoms with Crippen molar-refractivity contribution in [1.82, 2.24) is 9.66 Å². The molecule has 2 heterocycles. The van der Waals surface area contributed by atoms with E-state index < -0.39 is 0 Å². The van der Waals surface area contributed by atoms with E-state index in [1.165, 1.54) is 12.5 Å². The monoisotopic (exact) mass is 359 g/mol. The highest BCUT2D eigenvalue weighted by molar-refractivity contribution is 9.10. The zero-order valence-electron chi connectivity index (χ0n) is 11.2. The topological polar surface area (TPSA) is 21.1 Å². The summed E-state index contributed by atoms with van der Waals surface area (Å²) in [5.41, 5.74) is 1.56. The second kappa shape index (κ2) is 5.53. The van der Waals surface area contributed by atoms with Gasteiger partial charge in [0, 0.05) is 19.2 Å². The van der Waals surface area contributed by atoms with Crippen LogP contribution in [0.3, 0.4) is 0 Å². The Morgan fingerprint density at radius 1 is 1.30 bits per heavy atom. The van der Waals surface area contributed by atoms with Gasteiger partial charge in [-0.15, -0.1) is 11.6 Å². The third-order valence-electron chi connectivity index (χ3n) is 3.67. The average molecular weight is 361 g/mol. The molecular weight excluding hydrogens is 345 g/mol. The first-order valence-corrected chi connectivity index (χ1v) is 8.07. The van der Waals surface area contributed by atoms with Crippen LogP contribution in [0.25, 0.3) is 11.0 Å². The first kappa shape index (κ1) is 14.1. The second-order valence-electron chi connectivity index (χ2n) is 5.17. The summed E-state index contributed by atoms with van der Waals surface area (Å²) in [6.07, 6.45) is 3.54. The lowest BCUT2D eigenvalue weighted by molar-refractivity contribution is 0.474. The molecule has 1 aromatic carbocycles. The zero-order valence-corrected chi connectivity index (χ0v) is 13.6. The van der Waals surface area contributed by atoms with Gasteiger partial charge in [0.15, 0.2) is 0 Å². The lowest BCUT2D eigenvalue weighted by Crippen LogP contribution is -2.40. The first-order valence-electron chi connectivity index (χ1n) is 6.84. The number of rotatable bonds is 2. The minimum atomic E-state index is -0.274. The summed E-state index contributed by atoms with van der Waals surface area (Å²) in [7, 11) is 0. The highest BCUT2D eigenvalue weighted by atomic mass is 79.9. The van der Waals surface area contributed by atoms with Gasteiger partial charge in [0.2, 0.25) is 0 Å². The Balaban J connectivity index is 2.20. The Labute approximate surface area is 130 Å². The van der Waals surface area contributed by atoms with Gasteiger partial charge in [-0.3, -0.25) is 0 Å². The third-order valence-corrected chi connectivity index (χ3v) is 4.47. The molecule has 2 aromatic rings. The fraction of sp³-hybridized carbons (Fsp3) is 0.500. The Bertz CT molecular complexity index is 635. The first-order chi connectivity index (χ1) is 9.58. The Kier molecular flexibility index (Phi) is 3.91. The van der Waals surface area contributed by atoms with E-state index in [1.54, 1.807) is 6.07 Å². The quantitative estimate of drug-likeness (QED) is 0.742. The number of alkyl halides is 1. The van der Waals surface area contributed by atoms with E-state index in [4.69, 9.17) is 11.6 Å². The van der Waals surface area contributed by atoms with Gasteiger partial charge in [0.1, 0.15) is 11.6 Å². The molecule has 1 aliphatic heterocycles. The van der Waals surface area contributed by atoms with Crippen LogP contribution in [0, 0.1) is 5.82 Å². The number of nitrogens with zero attached hydrogens (tertiary/aromatic N) is 3. The molecule has 108 valence electrons. The highest BCUT2D eigenvalue weighted by Gasteiger charge is 2.22. The van der Waals surface area contributed by atoms with Gasteiger partial charge >= 0.3 is 0 Å². The lowest BCUT2D eigenvalue weighted by atomic mass is 10.2. The van der Waals surface area contributed by atoms with E-state index in [1.807, 2.05) is 11.6 Å². The average Bonchev–Trinajstić information content (AvgIpc) is 2.79. The maximum absolute atomic E-state index is 13.9. The molecule has 0 aliphatic carbocycles. The van der Waals surface area contributed by atoms with Crippen molar-refractivity contribution in [3.05, 3.63) is 28.2 Å². The van der Waals surface area contributed by atoms with Crippen LogP contribution < -0.4 is 5.01 Å². The van der Waals surface area contributed by atoms with Crippen LogP contribution in [0.5, 0.6) is 0 Å². The van der Waals surface area contributed by atoms with Gasteiger partial charge < -0.3 is 5.01 Å². The van der Waals surface area contributed by atoms with Crippen molar-refractivity contribution in [1.29, 1.82) is 0 Å². The van der Waals surface area contributed by atoms with Gasteiger partial charge in [0.25, 0.3) is 0 Å². The van der Waals surface area contributed by atoms with Gasteiger partial charge in [-0.05, 0) is 48.2 Å². The number of fused-ring (bicyclic) bond motifs is 1. The van der Waals surface area contributed by atoms with E-state index in [9.17, 15) is 4.39 Å². The minimum Gasteiger partial charge on any atom is -0.311 e.